The number of nitrogens with one attached hydrogen (secondary N) is 1. The van der Waals surface area contributed by atoms with E-state index < -0.39 is 5.60 Å². The summed E-state index contributed by atoms with van der Waals surface area (Å²) < 4.78 is 5.39. The number of rotatable bonds is 5. The van der Waals surface area contributed by atoms with E-state index in [9.17, 15) is 9.90 Å². The van der Waals surface area contributed by atoms with Crippen LogP contribution >= 0.6 is 0 Å². The number of hydrogen-bond acceptors (Lipinski definition) is 4. The van der Waals surface area contributed by atoms with Gasteiger partial charge >= 0.3 is 6.09 Å². The molecule has 0 radical (unpaired) electrons. The summed E-state index contributed by atoms with van der Waals surface area (Å²) in [6.45, 7) is 12.1. The molecule has 21 heavy (non-hydrogen) atoms. The third kappa shape index (κ3) is 7.67. The van der Waals surface area contributed by atoms with Crippen LogP contribution in [0.5, 0.6) is 0 Å². The Balaban J connectivity index is 2.24. The molecular weight excluding hydrogens is 268 g/mol. The highest BCUT2D eigenvalue weighted by Crippen LogP contribution is 2.16. The van der Waals surface area contributed by atoms with Gasteiger partial charge in [0.15, 0.2) is 0 Å². The molecule has 1 rings (SSSR count). The van der Waals surface area contributed by atoms with Gasteiger partial charge in [-0.3, -0.25) is 0 Å². The summed E-state index contributed by atoms with van der Waals surface area (Å²) in [5.41, 5.74) is -0.428. The molecule has 0 aromatic rings. The SMILES string of the molecule is CC(O)CC(C)CNC1CCN(C(=O)OC(C)(C)C)CC1. The minimum atomic E-state index is -0.428. The van der Waals surface area contributed by atoms with Crippen LogP contribution < -0.4 is 5.32 Å². The molecule has 0 bridgehead atoms. The maximum Gasteiger partial charge on any atom is 0.410 e. The van der Waals surface area contributed by atoms with E-state index in [0.717, 1.165) is 38.9 Å². The topological polar surface area (TPSA) is 61.8 Å². The van der Waals surface area contributed by atoms with E-state index in [4.69, 9.17) is 4.74 Å². The highest BCUT2D eigenvalue weighted by Gasteiger charge is 2.26. The van der Waals surface area contributed by atoms with Crippen LogP contribution in [-0.4, -0.2) is 53.5 Å². The van der Waals surface area contributed by atoms with Gasteiger partial charge in [0.05, 0.1) is 6.10 Å². The van der Waals surface area contributed by atoms with Crippen LogP contribution in [0.4, 0.5) is 4.79 Å². The summed E-state index contributed by atoms with van der Waals surface area (Å²) >= 11 is 0. The van der Waals surface area contributed by atoms with Crippen molar-refractivity contribution >= 4 is 6.09 Å². The molecule has 0 saturated carbocycles. The number of piperidine rings is 1. The molecule has 1 aliphatic rings. The molecular formula is C16H32N2O3. The lowest BCUT2D eigenvalue weighted by molar-refractivity contribution is 0.0197. The maximum absolute atomic E-state index is 12.0. The Morgan fingerprint density at radius 3 is 2.38 bits per heavy atom. The molecule has 5 nitrogen and oxygen atoms in total. The summed E-state index contributed by atoms with van der Waals surface area (Å²) in [4.78, 5) is 13.8. The van der Waals surface area contributed by atoms with Crippen molar-refractivity contribution in [2.75, 3.05) is 19.6 Å². The highest BCUT2D eigenvalue weighted by atomic mass is 16.6. The van der Waals surface area contributed by atoms with Gasteiger partial charge in [0.2, 0.25) is 0 Å². The van der Waals surface area contributed by atoms with Crippen LogP contribution in [0.3, 0.4) is 0 Å². The van der Waals surface area contributed by atoms with Crippen molar-refractivity contribution in [3.63, 3.8) is 0 Å². The summed E-state index contributed by atoms with van der Waals surface area (Å²) in [5.74, 6) is 0.467. The lowest BCUT2D eigenvalue weighted by Gasteiger charge is -2.34. The zero-order valence-corrected chi connectivity index (χ0v) is 14.2. The molecule has 124 valence electrons. The van der Waals surface area contributed by atoms with Crippen LogP contribution in [0.2, 0.25) is 0 Å². The van der Waals surface area contributed by atoms with Crippen molar-refractivity contribution in [3.05, 3.63) is 0 Å². The minimum absolute atomic E-state index is 0.205. The fraction of sp³-hybridized carbons (Fsp3) is 0.938. The standard InChI is InChI=1S/C16H32N2O3/c1-12(10-13(2)19)11-17-14-6-8-18(9-7-14)15(20)21-16(3,4)5/h12-14,17,19H,6-11H2,1-5H3. The first-order valence-electron chi connectivity index (χ1n) is 8.06. The van der Waals surface area contributed by atoms with Gasteiger partial charge in [0.1, 0.15) is 5.60 Å². The minimum Gasteiger partial charge on any atom is -0.444 e. The Morgan fingerprint density at radius 2 is 1.90 bits per heavy atom. The number of likely N-dealkylation sites (tertiary alicyclic amines) is 1. The van der Waals surface area contributed by atoms with Crippen molar-refractivity contribution in [3.8, 4) is 0 Å². The third-order valence-corrected chi connectivity index (χ3v) is 3.65. The third-order valence-electron chi connectivity index (χ3n) is 3.65. The van der Waals surface area contributed by atoms with Crippen molar-refractivity contribution < 1.29 is 14.6 Å². The molecule has 0 aromatic carbocycles. The lowest BCUT2D eigenvalue weighted by atomic mass is 10.0. The van der Waals surface area contributed by atoms with Crippen molar-refractivity contribution in [2.45, 2.75) is 71.6 Å². The molecule has 0 aliphatic carbocycles. The van der Waals surface area contributed by atoms with Crippen molar-refractivity contribution in [1.82, 2.24) is 10.2 Å². The first-order valence-corrected chi connectivity index (χ1v) is 8.06. The number of hydrogen-bond donors (Lipinski definition) is 2. The van der Waals surface area contributed by atoms with Crippen LogP contribution in [0.25, 0.3) is 0 Å². The van der Waals surface area contributed by atoms with E-state index >= 15 is 0 Å². The second-order valence-electron chi connectivity index (χ2n) is 7.34. The molecule has 0 aromatic heterocycles. The van der Waals surface area contributed by atoms with Gasteiger partial charge in [-0.05, 0) is 59.4 Å². The number of aliphatic hydroxyl groups is 1. The number of ether oxygens (including phenoxy) is 1. The zero-order chi connectivity index (χ0) is 16.0. The predicted octanol–water partition coefficient (Wildman–Crippen LogP) is 2.38. The Morgan fingerprint density at radius 1 is 1.33 bits per heavy atom. The van der Waals surface area contributed by atoms with Crippen LogP contribution in [-0.2, 0) is 4.74 Å². The van der Waals surface area contributed by atoms with Gasteiger partial charge in [-0.25, -0.2) is 4.79 Å². The van der Waals surface area contributed by atoms with E-state index in [-0.39, 0.29) is 12.2 Å². The fourth-order valence-corrected chi connectivity index (χ4v) is 2.63. The van der Waals surface area contributed by atoms with E-state index in [1.54, 1.807) is 4.90 Å². The van der Waals surface area contributed by atoms with Crippen LogP contribution in [0.1, 0.15) is 53.9 Å². The smallest absolute Gasteiger partial charge is 0.410 e. The molecule has 1 heterocycles. The number of amides is 1. The van der Waals surface area contributed by atoms with E-state index in [1.165, 1.54) is 0 Å². The maximum atomic E-state index is 12.0. The molecule has 1 aliphatic heterocycles. The van der Waals surface area contributed by atoms with Gasteiger partial charge in [0.25, 0.3) is 0 Å². The van der Waals surface area contributed by atoms with E-state index in [1.807, 2.05) is 27.7 Å². The highest BCUT2D eigenvalue weighted by molar-refractivity contribution is 5.68. The number of carbonyl (C=O) groups is 1. The predicted molar refractivity (Wildman–Crippen MR) is 84.3 cm³/mol. The molecule has 5 heteroatoms. The fourth-order valence-electron chi connectivity index (χ4n) is 2.63. The Labute approximate surface area is 129 Å². The Kier molecular flexibility index (Phi) is 6.94. The second kappa shape index (κ2) is 7.99. The average Bonchev–Trinajstić information content (AvgIpc) is 2.34. The average molecular weight is 300 g/mol. The van der Waals surface area contributed by atoms with Crippen molar-refractivity contribution in [1.29, 1.82) is 0 Å². The molecule has 1 amide bonds. The first kappa shape index (κ1) is 18.2. The van der Waals surface area contributed by atoms with Crippen LogP contribution in [0.15, 0.2) is 0 Å². The molecule has 2 atom stereocenters. The largest absolute Gasteiger partial charge is 0.444 e. The van der Waals surface area contributed by atoms with Crippen molar-refractivity contribution in [2.24, 2.45) is 5.92 Å². The Hall–Kier alpha value is -0.810. The molecule has 1 fully saturated rings. The number of carbonyl (C=O) groups excluding carboxylic acids is 1. The van der Waals surface area contributed by atoms with E-state index in [2.05, 4.69) is 12.2 Å². The first-order chi connectivity index (χ1) is 9.67. The molecule has 0 spiro atoms. The lowest BCUT2D eigenvalue weighted by Crippen LogP contribution is -2.47. The second-order valence-corrected chi connectivity index (χ2v) is 7.34. The number of nitrogens with zero attached hydrogens (tertiary/aromatic N) is 1. The monoisotopic (exact) mass is 300 g/mol. The summed E-state index contributed by atoms with van der Waals surface area (Å²) in [7, 11) is 0. The van der Waals surface area contributed by atoms with E-state index in [0.29, 0.717) is 12.0 Å². The molecule has 2 N–H and O–H groups in total. The molecule has 1 saturated heterocycles. The summed E-state index contributed by atoms with van der Waals surface area (Å²) in [6.07, 6.45) is 2.30. The normalized spacial score (nSPS) is 20.2. The van der Waals surface area contributed by atoms with Gasteiger partial charge in [-0.15, -0.1) is 0 Å². The summed E-state index contributed by atoms with van der Waals surface area (Å²) in [5, 5.41) is 12.9. The van der Waals surface area contributed by atoms with Gasteiger partial charge in [0, 0.05) is 19.1 Å². The van der Waals surface area contributed by atoms with Gasteiger partial charge < -0.3 is 20.1 Å². The Bertz CT molecular complexity index is 318. The zero-order valence-electron chi connectivity index (χ0n) is 14.2. The number of aliphatic hydroxyl groups excluding tert-OH is 1. The van der Waals surface area contributed by atoms with Crippen LogP contribution in [0, 0.1) is 5.92 Å². The summed E-state index contributed by atoms with van der Waals surface area (Å²) in [6, 6.07) is 0.458. The van der Waals surface area contributed by atoms with Gasteiger partial charge in [-0.2, -0.15) is 0 Å². The quantitative estimate of drug-likeness (QED) is 0.818. The molecule has 2 unspecified atom stereocenters. The van der Waals surface area contributed by atoms with Gasteiger partial charge in [-0.1, -0.05) is 6.92 Å².